The van der Waals surface area contributed by atoms with Crippen LogP contribution in [0.1, 0.15) is 12.0 Å². The first-order valence-corrected chi connectivity index (χ1v) is 9.46. The van der Waals surface area contributed by atoms with Crippen molar-refractivity contribution in [1.29, 1.82) is 0 Å². The number of hydrogen-bond donors (Lipinski definition) is 1. The molecule has 29 heavy (non-hydrogen) atoms. The van der Waals surface area contributed by atoms with Crippen LogP contribution in [0.3, 0.4) is 0 Å². The molecule has 1 heterocycles. The van der Waals surface area contributed by atoms with Gasteiger partial charge < -0.3 is 19.7 Å². The van der Waals surface area contributed by atoms with Crippen molar-refractivity contribution in [3.05, 3.63) is 59.1 Å². The smallest absolute Gasteiger partial charge is 0.311 e. The highest BCUT2D eigenvalue weighted by molar-refractivity contribution is 6.31. The van der Waals surface area contributed by atoms with Gasteiger partial charge in [-0.1, -0.05) is 29.8 Å². The molecule has 2 amide bonds. The molecule has 1 N–H and O–H groups in total. The van der Waals surface area contributed by atoms with Gasteiger partial charge in [-0.2, -0.15) is 0 Å². The van der Waals surface area contributed by atoms with Gasteiger partial charge >= 0.3 is 5.97 Å². The molecule has 0 aliphatic carbocycles. The van der Waals surface area contributed by atoms with Crippen molar-refractivity contribution in [1.82, 2.24) is 4.90 Å². The fraction of sp³-hybridized carbons (Fsp3) is 0.286. The molecule has 152 valence electrons. The number of nitrogens with one attached hydrogen (secondary N) is 1. The lowest BCUT2D eigenvalue weighted by molar-refractivity contribution is -0.151. The third-order valence-corrected chi connectivity index (χ3v) is 4.95. The van der Waals surface area contributed by atoms with Crippen LogP contribution in [0.15, 0.2) is 48.5 Å². The van der Waals surface area contributed by atoms with Gasteiger partial charge in [-0.25, -0.2) is 0 Å². The number of rotatable bonds is 7. The number of esters is 1. The highest BCUT2D eigenvalue weighted by atomic mass is 35.5. The predicted molar refractivity (Wildman–Crippen MR) is 108 cm³/mol. The highest BCUT2D eigenvalue weighted by Gasteiger charge is 2.35. The fourth-order valence-corrected chi connectivity index (χ4v) is 3.24. The SMILES string of the molecule is COc1ccc(NC(=O)COC(=O)[C@H]2CC(=O)N(Cc3ccccc3Cl)C2)cc1. The van der Waals surface area contributed by atoms with E-state index < -0.39 is 24.4 Å². The summed E-state index contributed by atoms with van der Waals surface area (Å²) in [4.78, 5) is 38.1. The summed E-state index contributed by atoms with van der Waals surface area (Å²) in [7, 11) is 1.55. The Morgan fingerprint density at radius 2 is 1.90 bits per heavy atom. The van der Waals surface area contributed by atoms with Crippen LogP contribution in [-0.2, 0) is 25.7 Å². The Balaban J connectivity index is 1.47. The number of carbonyl (C=O) groups excluding carboxylic acids is 3. The van der Waals surface area contributed by atoms with Crippen LogP contribution in [0.25, 0.3) is 0 Å². The van der Waals surface area contributed by atoms with Gasteiger partial charge in [0.2, 0.25) is 5.91 Å². The lowest BCUT2D eigenvalue weighted by Crippen LogP contribution is -2.28. The molecular formula is C21H21ClN2O5. The number of ether oxygens (including phenoxy) is 2. The molecule has 1 aliphatic rings. The first-order chi connectivity index (χ1) is 14.0. The van der Waals surface area contributed by atoms with Crippen molar-refractivity contribution >= 4 is 35.1 Å². The molecule has 0 bridgehead atoms. The maximum Gasteiger partial charge on any atom is 0.311 e. The Hall–Kier alpha value is -3.06. The second-order valence-corrected chi connectivity index (χ2v) is 7.06. The number of carbonyl (C=O) groups is 3. The van der Waals surface area contributed by atoms with Gasteiger partial charge in [0.1, 0.15) is 5.75 Å². The summed E-state index contributed by atoms with van der Waals surface area (Å²) in [5, 5.41) is 3.20. The molecule has 1 fully saturated rings. The lowest BCUT2D eigenvalue weighted by Gasteiger charge is -2.17. The Bertz CT molecular complexity index is 900. The minimum absolute atomic E-state index is 0.0589. The van der Waals surface area contributed by atoms with Gasteiger partial charge in [0.15, 0.2) is 6.61 Å². The summed E-state index contributed by atoms with van der Waals surface area (Å²) in [6, 6.07) is 14.0. The third kappa shape index (κ3) is 5.48. The van der Waals surface area contributed by atoms with Crippen molar-refractivity contribution in [2.45, 2.75) is 13.0 Å². The summed E-state index contributed by atoms with van der Waals surface area (Å²) in [6.07, 6.45) is 0.0589. The van der Waals surface area contributed by atoms with Crippen LogP contribution >= 0.6 is 11.6 Å². The maximum atomic E-state index is 12.3. The van der Waals surface area contributed by atoms with E-state index in [0.717, 1.165) is 5.56 Å². The molecule has 1 saturated heterocycles. The number of methoxy groups -OCH3 is 1. The minimum atomic E-state index is -0.598. The van der Waals surface area contributed by atoms with E-state index in [2.05, 4.69) is 5.32 Å². The Kier molecular flexibility index (Phi) is 6.72. The second kappa shape index (κ2) is 9.43. The van der Waals surface area contributed by atoms with Crippen molar-refractivity contribution in [3.8, 4) is 5.75 Å². The minimum Gasteiger partial charge on any atom is -0.497 e. The quantitative estimate of drug-likeness (QED) is 0.701. The van der Waals surface area contributed by atoms with Crippen LogP contribution in [0.4, 0.5) is 5.69 Å². The highest BCUT2D eigenvalue weighted by Crippen LogP contribution is 2.24. The van der Waals surface area contributed by atoms with Gasteiger partial charge in [-0.15, -0.1) is 0 Å². The monoisotopic (exact) mass is 416 g/mol. The predicted octanol–water partition coefficient (Wildman–Crippen LogP) is 2.88. The molecule has 0 spiro atoms. The molecule has 0 aromatic heterocycles. The number of likely N-dealkylation sites (tertiary alicyclic amines) is 1. The summed E-state index contributed by atoms with van der Waals surface area (Å²) in [5.41, 5.74) is 1.38. The average Bonchev–Trinajstić information content (AvgIpc) is 3.09. The topological polar surface area (TPSA) is 84.9 Å². The molecule has 1 aliphatic heterocycles. The fourth-order valence-electron chi connectivity index (χ4n) is 3.04. The molecule has 3 rings (SSSR count). The number of nitrogens with zero attached hydrogens (tertiary/aromatic N) is 1. The van der Waals surface area contributed by atoms with E-state index in [0.29, 0.717) is 23.0 Å². The number of benzene rings is 2. The van der Waals surface area contributed by atoms with Crippen molar-refractivity contribution in [3.63, 3.8) is 0 Å². The number of hydrogen-bond acceptors (Lipinski definition) is 5. The maximum absolute atomic E-state index is 12.3. The summed E-state index contributed by atoms with van der Waals surface area (Å²) < 4.78 is 10.1. The van der Waals surface area contributed by atoms with Crippen molar-refractivity contribution in [2.75, 3.05) is 25.6 Å². The lowest BCUT2D eigenvalue weighted by atomic mass is 10.1. The van der Waals surface area contributed by atoms with Crippen LogP contribution in [0.5, 0.6) is 5.75 Å². The number of amides is 2. The average molecular weight is 417 g/mol. The molecule has 2 aromatic carbocycles. The first-order valence-electron chi connectivity index (χ1n) is 9.08. The summed E-state index contributed by atoms with van der Waals surface area (Å²) in [5.74, 6) is -1.10. The Morgan fingerprint density at radius 1 is 1.17 bits per heavy atom. The van der Waals surface area contributed by atoms with E-state index >= 15 is 0 Å². The number of halogens is 1. The van der Waals surface area contributed by atoms with E-state index in [1.165, 1.54) is 0 Å². The summed E-state index contributed by atoms with van der Waals surface area (Å²) >= 11 is 6.14. The largest absolute Gasteiger partial charge is 0.497 e. The summed E-state index contributed by atoms with van der Waals surface area (Å²) in [6.45, 7) is 0.156. The molecule has 0 saturated carbocycles. The second-order valence-electron chi connectivity index (χ2n) is 6.65. The van der Waals surface area contributed by atoms with Gasteiger partial charge in [0.05, 0.1) is 13.0 Å². The Labute approximate surface area is 173 Å². The first kappa shape index (κ1) is 20.7. The standard InChI is InChI=1S/C21H21ClN2O5/c1-28-17-8-6-16(7-9-17)23-19(25)13-29-21(27)15-10-20(26)24(12-15)11-14-4-2-3-5-18(14)22/h2-9,15H,10-13H2,1H3,(H,23,25)/t15-/m0/s1. The van der Waals surface area contributed by atoms with Crippen LogP contribution in [-0.4, -0.2) is 42.9 Å². The molecular weight excluding hydrogens is 396 g/mol. The van der Waals surface area contributed by atoms with Crippen molar-refractivity contribution in [2.24, 2.45) is 5.92 Å². The molecule has 8 heteroatoms. The van der Waals surface area contributed by atoms with E-state index in [1.54, 1.807) is 42.3 Å². The molecule has 7 nitrogen and oxygen atoms in total. The van der Waals surface area contributed by atoms with E-state index in [4.69, 9.17) is 21.1 Å². The van der Waals surface area contributed by atoms with Crippen LogP contribution < -0.4 is 10.1 Å². The third-order valence-electron chi connectivity index (χ3n) is 4.59. The zero-order chi connectivity index (χ0) is 20.8. The van der Waals surface area contributed by atoms with Crippen LogP contribution in [0, 0.1) is 5.92 Å². The van der Waals surface area contributed by atoms with Gasteiger partial charge in [-0.05, 0) is 35.9 Å². The van der Waals surface area contributed by atoms with Gasteiger partial charge in [0, 0.05) is 30.2 Å². The molecule has 2 aromatic rings. The van der Waals surface area contributed by atoms with E-state index in [1.807, 2.05) is 18.2 Å². The van der Waals surface area contributed by atoms with Gasteiger partial charge in [-0.3, -0.25) is 14.4 Å². The molecule has 0 unspecified atom stereocenters. The number of anilines is 1. The van der Waals surface area contributed by atoms with E-state index in [9.17, 15) is 14.4 Å². The zero-order valence-corrected chi connectivity index (χ0v) is 16.6. The van der Waals surface area contributed by atoms with E-state index in [-0.39, 0.29) is 18.9 Å². The van der Waals surface area contributed by atoms with Gasteiger partial charge in [0.25, 0.3) is 5.91 Å². The van der Waals surface area contributed by atoms with Crippen LogP contribution in [0.2, 0.25) is 5.02 Å². The normalized spacial score (nSPS) is 15.9. The zero-order valence-electron chi connectivity index (χ0n) is 15.9. The molecule has 0 radical (unpaired) electrons. The Morgan fingerprint density at radius 3 is 2.59 bits per heavy atom. The van der Waals surface area contributed by atoms with Crippen molar-refractivity contribution < 1.29 is 23.9 Å². The molecule has 1 atom stereocenters.